The summed E-state index contributed by atoms with van der Waals surface area (Å²) in [6.45, 7) is 11.3. The molecule has 3 aliphatic rings. The van der Waals surface area contributed by atoms with Crippen LogP contribution in [0.1, 0.15) is 65.7 Å². The quantitative estimate of drug-likeness (QED) is 0.485. The van der Waals surface area contributed by atoms with Gasteiger partial charge >= 0.3 is 0 Å². The van der Waals surface area contributed by atoms with Gasteiger partial charge in [-0.1, -0.05) is 30.2 Å². The highest BCUT2D eigenvalue weighted by Crippen LogP contribution is 2.37. The number of hydrogen-bond acceptors (Lipinski definition) is 2. The highest BCUT2D eigenvalue weighted by atomic mass is 16.7. The van der Waals surface area contributed by atoms with E-state index in [2.05, 4.69) is 40.0 Å². The van der Waals surface area contributed by atoms with E-state index < -0.39 is 0 Å². The van der Waals surface area contributed by atoms with E-state index in [1.165, 1.54) is 61.7 Å². The van der Waals surface area contributed by atoms with Gasteiger partial charge in [-0.05, 0) is 64.7 Å². The highest BCUT2D eigenvalue weighted by Gasteiger charge is 2.40. The Bertz CT molecular complexity index is 514. The number of nitrogens with zero attached hydrogens (tertiary/aromatic N) is 1. The Kier molecular flexibility index (Phi) is 6.98. The number of rotatable bonds is 6. The molecule has 0 unspecified atom stereocenters. The summed E-state index contributed by atoms with van der Waals surface area (Å²) in [7, 11) is 2.40. The molecule has 0 saturated carbocycles. The summed E-state index contributed by atoms with van der Waals surface area (Å²) in [5, 5.41) is 0. The summed E-state index contributed by atoms with van der Waals surface area (Å²) in [6, 6.07) is 0. The Labute approximate surface area is 161 Å². The summed E-state index contributed by atoms with van der Waals surface area (Å²) in [5.41, 5.74) is 3.06. The van der Waals surface area contributed by atoms with Crippen LogP contribution in [-0.2, 0) is 9.47 Å². The maximum absolute atomic E-state index is 6.41. The molecule has 2 fully saturated rings. The van der Waals surface area contributed by atoms with Crippen LogP contribution >= 0.6 is 0 Å². The lowest BCUT2D eigenvalue weighted by Crippen LogP contribution is -2.52. The standard InChI is InChI=1S/C23H40NO2/c1-18(2)9-8-10-20-11-12-22(19(3)15-20)23-25-17-21(26-23)16-24(4)13-6-5-7-14-24/h9,11,19,21-23H,5-8,10,12-17H2,1-4H3/q+1/t19-,21-,22-,23+/m1/s1. The summed E-state index contributed by atoms with van der Waals surface area (Å²) in [6.07, 6.45) is 14.0. The zero-order chi connectivity index (χ0) is 18.6. The van der Waals surface area contributed by atoms with Gasteiger partial charge in [0.05, 0.1) is 26.7 Å². The first kappa shape index (κ1) is 20.1. The minimum atomic E-state index is 0.0157. The van der Waals surface area contributed by atoms with Crippen LogP contribution < -0.4 is 0 Å². The molecule has 1 aliphatic carbocycles. The van der Waals surface area contributed by atoms with E-state index in [-0.39, 0.29) is 6.29 Å². The maximum atomic E-state index is 6.41. The van der Waals surface area contributed by atoms with Crippen molar-refractivity contribution in [2.45, 2.75) is 78.1 Å². The smallest absolute Gasteiger partial charge is 0.161 e. The molecule has 0 aromatic heterocycles. The minimum absolute atomic E-state index is 0.0157. The number of ether oxygens (including phenoxy) is 2. The Morgan fingerprint density at radius 2 is 2.00 bits per heavy atom. The van der Waals surface area contributed by atoms with Crippen LogP contribution in [0.25, 0.3) is 0 Å². The van der Waals surface area contributed by atoms with Crippen LogP contribution in [0.2, 0.25) is 0 Å². The van der Waals surface area contributed by atoms with Crippen LogP contribution in [0.3, 0.4) is 0 Å². The number of likely N-dealkylation sites (N-methyl/N-ethyl adjacent to an activating group) is 1. The average molecular weight is 363 g/mol. The van der Waals surface area contributed by atoms with Crippen LogP contribution in [0.4, 0.5) is 0 Å². The van der Waals surface area contributed by atoms with Crippen molar-refractivity contribution < 1.29 is 14.0 Å². The average Bonchev–Trinajstić information content (AvgIpc) is 3.02. The lowest BCUT2D eigenvalue weighted by molar-refractivity contribution is -0.916. The molecule has 4 atom stereocenters. The molecule has 3 nitrogen and oxygen atoms in total. The van der Waals surface area contributed by atoms with Gasteiger partial charge in [0.15, 0.2) is 6.29 Å². The fourth-order valence-electron chi connectivity index (χ4n) is 5.05. The Balaban J connectivity index is 1.48. The van der Waals surface area contributed by atoms with Gasteiger partial charge in [-0.25, -0.2) is 0 Å². The molecule has 3 rings (SSSR count). The van der Waals surface area contributed by atoms with Crippen molar-refractivity contribution in [3.8, 4) is 0 Å². The van der Waals surface area contributed by atoms with Crippen LogP contribution in [0.5, 0.6) is 0 Å². The molecule has 0 amide bonds. The first-order valence-electron chi connectivity index (χ1n) is 10.9. The normalized spacial score (nSPS) is 34.4. The molecule has 0 N–H and O–H groups in total. The summed E-state index contributed by atoms with van der Waals surface area (Å²) in [4.78, 5) is 0. The topological polar surface area (TPSA) is 18.5 Å². The molecule has 26 heavy (non-hydrogen) atoms. The molecule has 0 aromatic carbocycles. The molecule has 0 spiro atoms. The second-order valence-electron chi connectivity index (χ2n) is 9.53. The molecular formula is C23H40NO2+. The number of allylic oxidation sites excluding steroid dienone is 4. The first-order chi connectivity index (χ1) is 12.5. The second kappa shape index (κ2) is 9.03. The zero-order valence-electron chi connectivity index (χ0n) is 17.5. The van der Waals surface area contributed by atoms with Crippen molar-refractivity contribution in [3.05, 3.63) is 23.3 Å². The van der Waals surface area contributed by atoms with E-state index in [1.807, 2.05) is 0 Å². The molecule has 0 bridgehead atoms. The maximum Gasteiger partial charge on any atom is 0.161 e. The molecule has 2 heterocycles. The number of piperidine rings is 1. The third-order valence-electron chi connectivity index (χ3n) is 6.67. The van der Waals surface area contributed by atoms with Crippen molar-refractivity contribution in [2.75, 3.05) is 33.3 Å². The van der Waals surface area contributed by atoms with Crippen molar-refractivity contribution in [2.24, 2.45) is 11.8 Å². The molecular weight excluding hydrogens is 322 g/mol. The van der Waals surface area contributed by atoms with Crippen molar-refractivity contribution in [1.82, 2.24) is 0 Å². The van der Waals surface area contributed by atoms with Crippen molar-refractivity contribution >= 4 is 0 Å². The molecule has 3 heteroatoms. The van der Waals surface area contributed by atoms with Crippen LogP contribution in [0.15, 0.2) is 23.3 Å². The van der Waals surface area contributed by atoms with Crippen molar-refractivity contribution in [1.29, 1.82) is 0 Å². The van der Waals surface area contributed by atoms with Crippen LogP contribution in [-0.4, -0.2) is 50.2 Å². The van der Waals surface area contributed by atoms with Crippen molar-refractivity contribution in [3.63, 3.8) is 0 Å². The number of likely N-dealkylation sites (tertiary alicyclic amines) is 1. The third-order valence-corrected chi connectivity index (χ3v) is 6.67. The monoisotopic (exact) mass is 362 g/mol. The largest absolute Gasteiger partial charge is 0.349 e. The van der Waals surface area contributed by atoms with E-state index in [1.54, 1.807) is 5.57 Å². The zero-order valence-corrected chi connectivity index (χ0v) is 17.5. The minimum Gasteiger partial charge on any atom is -0.349 e. The third kappa shape index (κ3) is 5.43. The molecule has 2 aliphatic heterocycles. The Hall–Kier alpha value is -0.640. The Morgan fingerprint density at radius 3 is 2.69 bits per heavy atom. The van der Waals surface area contributed by atoms with Crippen LogP contribution in [0, 0.1) is 11.8 Å². The Morgan fingerprint density at radius 1 is 1.23 bits per heavy atom. The second-order valence-corrected chi connectivity index (χ2v) is 9.53. The van der Waals surface area contributed by atoms with Gasteiger partial charge in [0.2, 0.25) is 0 Å². The molecule has 148 valence electrons. The molecule has 0 radical (unpaired) electrons. The lowest BCUT2D eigenvalue weighted by atomic mass is 9.79. The van der Waals surface area contributed by atoms with E-state index in [9.17, 15) is 0 Å². The van der Waals surface area contributed by atoms with Gasteiger partial charge in [-0.2, -0.15) is 0 Å². The summed E-state index contributed by atoms with van der Waals surface area (Å²) in [5.74, 6) is 1.18. The van der Waals surface area contributed by atoms with Gasteiger partial charge < -0.3 is 14.0 Å². The van der Waals surface area contributed by atoms with E-state index >= 15 is 0 Å². The van der Waals surface area contributed by atoms with Gasteiger partial charge in [-0.3, -0.25) is 0 Å². The lowest BCUT2D eigenvalue weighted by Gasteiger charge is -2.39. The predicted molar refractivity (Wildman–Crippen MR) is 108 cm³/mol. The van der Waals surface area contributed by atoms with Gasteiger partial charge in [-0.15, -0.1) is 0 Å². The van der Waals surface area contributed by atoms with Gasteiger partial charge in [0.25, 0.3) is 0 Å². The molecule has 0 aromatic rings. The van der Waals surface area contributed by atoms with E-state index in [0.717, 1.165) is 19.6 Å². The highest BCUT2D eigenvalue weighted by molar-refractivity contribution is 5.10. The predicted octanol–water partition coefficient (Wildman–Crippen LogP) is 5.08. The van der Waals surface area contributed by atoms with E-state index in [4.69, 9.17) is 9.47 Å². The SMILES string of the molecule is CC(C)=CCCC1=CC[C@@H]([C@H]2OC[C@@H](C[N+]3(C)CCCCC3)O2)[C@H](C)C1. The van der Waals surface area contributed by atoms with Gasteiger partial charge in [0.1, 0.15) is 12.6 Å². The number of quaternary nitrogens is 1. The fourth-order valence-corrected chi connectivity index (χ4v) is 5.05. The summed E-state index contributed by atoms with van der Waals surface area (Å²) >= 11 is 0. The van der Waals surface area contributed by atoms with E-state index in [0.29, 0.717) is 17.9 Å². The number of hydrogen-bond donors (Lipinski definition) is 0. The fraction of sp³-hybridized carbons (Fsp3) is 0.826. The van der Waals surface area contributed by atoms with Gasteiger partial charge in [0, 0.05) is 5.92 Å². The molecule has 2 saturated heterocycles. The first-order valence-corrected chi connectivity index (χ1v) is 10.9. The summed E-state index contributed by atoms with van der Waals surface area (Å²) < 4.78 is 13.7.